The average Bonchev–Trinajstić information content (AvgIpc) is 2.94. The third-order valence-corrected chi connectivity index (χ3v) is 4.85. The Bertz CT molecular complexity index is 909. The van der Waals surface area contributed by atoms with Crippen molar-refractivity contribution < 1.29 is 9.59 Å². The summed E-state index contributed by atoms with van der Waals surface area (Å²) in [5.41, 5.74) is 1.62. The van der Waals surface area contributed by atoms with Gasteiger partial charge in [0.1, 0.15) is 5.69 Å². The number of carbonyl (C=O) groups is 2. The average molecular weight is 367 g/mol. The molecule has 3 rings (SSSR count). The van der Waals surface area contributed by atoms with E-state index >= 15 is 0 Å². The molecule has 0 atom stereocenters. The van der Waals surface area contributed by atoms with Crippen LogP contribution in [0, 0.1) is 6.92 Å². The van der Waals surface area contributed by atoms with E-state index in [4.69, 9.17) is 0 Å². The first kappa shape index (κ1) is 18.9. The van der Waals surface area contributed by atoms with Crippen LogP contribution in [0.3, 0.4) is 0 Å². The van der Waals surface area contributed by atoms with Crippen LogP contribution in [0.1, 0.15) is 52.0 Å². The largest absolute Gasteiger partial charge is 0.339 e. The second-order valence-electron chi connectivity index (χ2n) is 7.09. The summed E-state index contributed by atoms with van der Waals surface area (Å²) in [7, 11) is 1.59. The number of anilines is 1. The van der Waals surface area contributed by atoms with E-state index < -0.39 is 0 Å². The van der Waals surface area contributed by atoms with Crippen LogP contribution in [-0.2, 0) is 7.05 Å². The highest BCUT2D eigenvalue weighted by atomic mass is 16.2. The number of amides is 2. The lowest BCUT2D eigenvalue weighted by molar-refractivity contribution is 0.0760. The van der Waals surface area contributed by atoms with Crippen LogP contribution in [0.2, 0.25) is 0 Å². The molecule has 0 radical (unpaired) electrons. The summed E-state index contributed by atoms with van der Waals surface area (Å²) in [6, 6.07) is 8.63. The fourth-order valence-corrected chi connectivity index (χ4v) is 3.36. The van der Waals surface area contributed by atoms with E-state index in [2.05, 4.69) is 5.32 Å². The Morgan fingerprint density at radius 2 is 1.70 bits per heavy atom. The molecular formula is C21H25N3O3. The Kier molecular flexibility index (Phi) is 5.74. The molecular weight excluding hydrogens is 342 g/mol. The highest BCUT2D eigenvalue weighted by Crippen LogP contribution is 2.15. The summed E-state index contributed by atoms with van der Waals surface area (Å²) in [6.07, 6.45) is 5.80. The summed E-state index contributed by atoms with van der Waals surface area (Å²) < 4.78 is 1.34. The Balaban J connectivity index is 1.86. The van der Waals surface area contributed by atoms with Crippen LogP contribution in [0.5, 0.6) is 0 Å². The molecule has 0 bridgehead atoms. The van der Waals surface area contributed by atoms with Gasteiger partial charge in [-0.2, -0.15) is 0 Å². The topological polar surface area (TPSA) is 71.4 Å². The van der Waals surface area contributed by atoms with Crippen molar-refractivity contribution >= 4 is 17.5 Å². The van der Waals surface area contributed by atoms with Gasteiger partial charge in [-0.25, -0.2) is 0 Å². The summed E-state index contributed by atoms with van der Waals surface area (Å²) >= 11 is 0. The van der Waals surface area contributed by atoms with E-state index in [9.17, 15) is 14.4 Å². The molecule has 0 aliphatic carbocycles. The van der Waals surface area contributed by atoms with E-state index in [-0.39, 0.29) is 23.1 Å². The highest BCUT2D eigenvalue weighted by Gasteiger charge is 2.20. The third kappa shape index (κ3) is 4.45. The molecule has 0 unspecified atom stereocenters. The van der Waals surface area contributed by atoms with E-state index in [1.165, 1.54) is 16.8 Å². The predicted molar refractivity (Wildman–Crippen MR) is 105 cm³/mol. The molecule has 1 aliphatic heterocycles. The lowest BCUT2D eigenvalue weighted by Gasteiger charge is -2.21. The van der Waals surface area contributed by atoms with E-state index in [1.807, 2.05) is 17.9 Å². The molecule has 0 saturated carbocycles. The molecule has 1 aliphatic rings. The number of carbonyl (C=O) groups excluding carboxylic acids is 2. The van der Waals surface area contributed by atoms with Crippen LogP contribution < -0.4 is 10.9 Å². The molecule has 0 spiro atoms. The van der Waals surface area contributed by atoms with Gasteiger partial charge in [-0.1, -0.05) is 30.5 Å². The molecule has 2 heterocycles. The number of hydrogen-bond acceptors (Lipinski definition) is 3. The van der Waals surface area contributed by atoms with Crippen molar-refractivity contribution in [3.63, 3.8) is 0 Å². The molecule has 142 valence electrons. The van der Waals surface area contributed by atoms with Gasteiger partial charge in [-0.05, 0) is 38.0 Å². The molecule has 2 amide bonds. The molecule has 1 aromatic carbocycles. The number of rotatable bonds is 3. The zero-order chi connectivity index (χ0) is 19.4. The summed E-state index contributed by atoms with van der Waals surface area (Å²) in [5, 5.41) is 2.66. The summed E-state index contributed by atoms with van der Waals surface area (Å²) in [6.45, 7) is 3.36. The Hall–Kier alpha value is -2.89. The van der Waals surface area contributed by atoms with Crippen LogP contribution in [0.4, 0.5) is 5.69 Å². The first-order valence-electron chi connectivity index (χ1n) is 9.33. The van der Waals surface area contributed by atoms with Crippen LogP contribution in [-0.4, -0.2) is 34.4 Å². The van der Waals surface area contributed by atoms with Crippen molar-refractivity contribution in [2.45, 2.75) is 32.6 Å². The molecule has 1 saturated heterocycles. The first-order chi connectivity index (χ1) is 13.0. The number of hydrogen-bond donors (Lipinski definition) is 1. The smallest absolute Gasteiger partial charge is 0.274 e. The van der Waals surface area contributed by atoms with Gasteiger partial charge in [-0.15, -0.1) is 0 Å². The third-order valence-electron chi connectivity index (χ3n) is 4.85. The number of nitrogens with zero attached hydrogens (tertiary/aromatic N) is 2. The molecule has 1 aromatic heterocycles. The summed E-state index contributed by atoms with van der Waals surface area (Å²) in [5.74, 6) is -0.464. The maximum absolute atomic E-state index is 12.9. The van der Waals surface area contributed by atoms with Gasteiger partial charge in [0.15, 0.2) is 0 Å². The van der Waals surface area contributed by atoms with Crippen LogP contribution in [0.15, 0.2) is 41.3 Å². The van der Waals surface area contributed by atoms with Crippen molar-refractivity contribution in [3.8, 4) is 0 Å². The van der Waals surface area contributed by atoms with Gasteiger partial charge in [0, 0.05) is 31.9 Å². The van der Waals surface area contributed by atoms with Crippen molar-refractivity contribution in [3.05, 3.63) is 63.6 Å². The monoisotopic (exact) mass is 367 g/mol. The minimum absolute atomic E-state index is 0.0986. The normalized spacial score (nSPS) is 14.5. The lowest BCUT2D eigenvalue weighted by Crippen LogP contribution is -2.33. The Labute approximate surface area is 158 Å². The molecule has 27 heavy (non-hydrogen) atoms. The van der Waals surface area contributed by atoms with Crippen molar-refractivity contribution in [2.75, 3.05) is 18.4 Å². The molecule has 2 aromatic rings. The van der Waals surface area contributed by atoms with Crippen LogP contribution in [0.25, 0.3) is 0 Å². The number of aryl methyl sites for hydroxylation is 2. The predicted octanol–water partition coefficient (Wildman–Crippen LogP) is 2.96. The fourth-order valence-electron chi connectivity index (χ4n) is 3.36. The van der Waals surface area contributed by atoms with Gasteiger partial charge < -0.3 is 14.8 Å². The maximum atomic E-state index is 12.9. The maximum Gasteiger partial charge on any atom is 0.274 e. The van der Waals surface area contributed by atoms with Gasteiger partial charge >= 0.3 is 0 Å². The standard InChI is InChI=1S/C21H25N3O3/c1-15-8-7-9-16(12-15)19(25)22-18-13-17(14-23(2)21(18)27)20(26)24-10-5-3-4-6-11-24/h7-9,12-14H,3-6,10-11H2,1-2H3,(H,22,25). The number of benzene rings is 1. The fraction of sp³-hybridized carbons (Fsp3) is 0.381. The highest BCUT2D eigenvalue weighted by molar-refractivity contribution is 6.05. The zero-order valence-electron chi connectivity index (χ0n) is 15.8. The summed E-state index contributed by atoms with van der Waals surface area (Å²) in [4.78, 5) is 39.6. The van der Waals surface area contributed by atoms with Gasteiger partial charge in [0.25, 0.3) is 17.4 Å². The minimum atomic E-state index is -0.366. The van der Waals surface area contributed by atoms with Gasteiger partial charge in [0.05, 0.1) is 5.56 Å². The lowest BCUT2D eigenvalue weighted by atomic mass is 10.1. The second kappa shape index (κ2) is 8.20. The molecule has 6 heteroatoms. The number of aromatic nitrogens is 1. The quantitative estimate of drug-likeness (QED) is 0.907. The van der Waals surface area contributed by atoms with Gasteiger partial charge in [0.2, 0.25) is 0 Å². The first-order valence-corrected chi connectivity index (χ1v) is 9.33. The van der Waals surface area contributed by atoms with Crippen LogP contribution >= 0.6 is 0 Å². The van der Waals surface area contributed by atoms with Crippen molar-refractivity contribution in [1.29, 1.82) is 0 Å². The minimum Gasteiger partial charge on any atom is -0.339 e. The Morgan fingerprint density at radius 1 is 1.00 bits per heavy atom. The molecule has 1 N–H and O–H groups in total. The zero-order valence-corrected chi connectivity index (χ0v) is 15.8. The second-order valence-corrected chi connectivity index (χ2v) is 7.09. The molecule has 1 fully saturated rings. The number of likely N-dealkylation sites (tertiary alicyclic amines) is 1. The SMILES string of the molecule is Cc1cccc(C(=O)Nc2cc(C(=O)N3CCCCCC3)cn(C)c2=O)c1. The van der Waals surface area contributed by atoms with Gasteiger partial charge in [-0.3, -0.25) is 14.4 Å². The van der Waals surface area contributed by atoms with Crippen molar-refractivity contribution in [2.24, 2.45) is 7.05 Å². The molecule has 6 nitrogen and oxygen atoms in total. The van der Waals surface area contributed by atoms with Crippen molar-refractivity contribution in [1.82, 2.24) is 9.47 Å². The van der Waals surface area contributed by atoms with E-state index in [0.29, 0.717) is 11.1 Å². The van der Waals surface area contributed by atoms with E-state index in [0.717, 1.165) is 44.3 Å². The number of pyridine rings is 1. The number of nitrogens with one attached hydrogen (secondary N) is 1. The Morgan fingerprint density at radius 3 is 2.37 bits per heavy atom. The van der Waals surface area contributed by atoms with E-state index in [1.54, 1.807) is 25.2 Å².